The molecule has 0 spiro atoms. The lowest BCUT2D eigenvalue weighted by Gasteiger charge is -2.31. The monoisotopic (exact) mass is 385 g/mol. The summed E-state index contributed by atoms with van der Waals surface area (Å²) >= 11 is 6.00. The van der Waals surface area contributed by atoms with E-state index in [9.17, 15) is 9.59 Å². The molecule has 7 heteroatoms. The molecule has 3 unspecified atom stereocenters. The Bertz CT molecular complexity index is 626. The summed E-state index contributed by atoms with van der Waals surface area (Å²) in [6.07, 6.45) is 4.81. The van der Waals surface area contributed by atoms with Gasteiger partial charge >= 0.3 is 0 Å². The number of benzene rings is 1. The van der Waals surface area contributed by atoms with Gasteiger partial charge < -0.3 is 16.0 Å². The molecular weight excluding hydrogens is 361 g/mol. The van der Waals surface area contributed by atoms with Crippen molar-refractivity contribution in [3.05, 3.63) is 29.3 Å². The lowest BCUT2D eigenvalue weighted by Crippen LogP contribution is -2.48. The van der Waals surface area contributed by atoms with Crippen LogP contribution in [-0.2, 0) is 9.59 Å². The van der Waals surface area contributed by atoms with Crippen LogP contribution in [0.15, 0.2) is 24.3 Å². The van der Waals surface area contributed by atoms with Crippen LogP contribution in [0.5, 0.6) is 0 Å². The number of nitrogens with zero attached hydrogens (tertiary/aromatic N) is 1. The van der Waals surface area contributed by atoms with Gasteiger partial charge in [-0.25, -0.2) is 0 Å². The van der Waals surface area contributed by atoms with Gasteiger partial charge in [-0.15, -0.1) is 12.4 Å². The molecule has 3 N–H and O–H groups in total. The molecule has 1 aliphatic heterocycles. The van der Waals surface area contributed by atoms with Gasteiger partial charge in [-0.3, -0.25) is 9.59 Å². The minimum absolute atomic E-state index is 0. The average Bonchev–Trinajstić information content (AvgIpc) is 2.97. The van der Waals surface area contributed by atoms with E-state index in [1.165, 1.54) is 6.42 Å². The Kier molecular flexibility index (Phi) is 7.11. The molecule has 25 heavy (non-hydrogen) atoms. The van der Waals surface area contributed by atoms with Crippen LogP contribution in [0.25, 0.3) is 0 Å². The standard InChI is InChI=1S/C18H24ClN3O2.ClH/c19-13-5-3-6-14(10-13)22-9-8-15(18(22)24)17(23)21-16-7-2-1-4-12(16)11-20;/h3,5-6,10,12,15-16H,1-2,4,7-9,11,20H2,(H,21,23);1H. The average molecular weight is 386 g/mol. The highest BCUT2D eigenvalue weighted by Crippen LogP contribution is 2.29. The van der Waals surface area contributed by atoms with Crippen molar-refractivity contribution in [3.8, 4) is 0 Å². The van der Waals surface area contributed by atoms with Gasteiger partial charge in [-0.1, -0.05) is 30.5 Å². The number of carbonyl (C=O) groups is 2. The van der Waals surface area contributed by atoms with Crippen LogP contribution in [-0.4, -0.2) is 30.9 Å². The first-order valence-corrected chi connectivity index (χ1v) is 9.05. The van der Waals surface area contributed by atoms with Crippen LogP contribution < -0.4 is 16.0 Å². The van der Waals surface area contributed by atoms with E-state index in [-0.39, 0.29) is 30.3 Å². The molecule has 0 radical (unpaired) electrons. The summed E-state index contributed by atoms with van der Waals surface area (Å²) in [4.78, 5) is 26.9. The predicted molar refractivity (Wildman–Crippen MR) is 102 cm³/mol. The smallest absolute Gasteiger partial charge is 0.239 e. The molecule has 1 heterocycles. The van der Waals surface area contributed by atoms with E-state index < -0.39 is 5.92 Å². The topological polar surface area (TPSA) is 75.4 Å². The van der Waals surface area contributed by atoms with E-state index in [1.807, 2.05) is 12.1 Å². The molecule has 0 aromatic heterocycles. The van der Waals surface area contributed by atoms with Gasteiger partial charge in [-0.05, 0) is 49.9 Å². The van der Waals surface area contributed by atoms with Crippen molar-refractivity contribution in [1.29, 1.82) is 0 Å². The molecule has 138 valence electrons. The fraction of sp³-hybridized carbons (Fsp3) is 0.556. The summed E-state index contributed by atoms with van der Waals surface area (Å²) in [5.41, 5.74) is 6.57. The number of anilines is 1. The van der Waals surface area contributed by atoms with Crippen LogP contribution in [0, 0.1) is 11.8 Å². The van der Waals surface area contributed by atoms with Gasteiger partial charge in [0.2, 0.25) is 11.8 Å². The Balaban J connectivity index is 0.00000225. The molecular formula is C18H25Cl2N3O2. The van der Waals surface area contributed by atoms with Gasteiger partial charge in [0.15, 0.2) is 0 Å². The normalized spacial score (nSPS) is 26.2. The largest absolute Gasteiger partial charge is 0.352 e. The van der Waals surface area contributed by atoms with Crippen molar-refractivity contribution < 1.29 is 9.59 Å². The first-order valence-electron chi connectivity index (χ1n) is 8.67. The molecule has 1 aliphatic carbocycles. The van der Waals surface area contributed by atoms with E-state index in [0.717, 1.165) is 24.9 Å². The fourth-order valence-corrected chi connectivity index (χ4v) is 3.97. The number of amides is 2. The highest BCUT2D eigenvalue weighted by molar-refractivity contribution is 6.31. The number of hydrogen-bond donors (Lipinski definition) is 2. The van der Waals surface area contributed by atoms with Gasteiger partial charge in [0.25, 0.3) is 0 Å². The summed E-state index contributed by atoms with van der Waals surface area (Å²) in [5.74, 6) is -0.586. The van der Waals surface area contributed by atoms with E-state index in [1.54, 1.807) is 17.0 Å². The Morgan fingerprint density at radius 3 is 2.76 bits per heavy atom. The second kappa shape index (κ2) is 8.88. The maximum Gasteiger partial charge on any atom is 0.239 e. The van der Waals surface area contributed by atoms with Gasteiger partial charge in [0, 0.05) is 23.3 Å². The summed E-state index contributed by atoms with van der Waals surface area (Å²) < 4.78 is 0. The van der Waals surface area contributed by atoms with Crippen LogP contribution in [0.1, 0.15) is 32.1 Å². The highest BCUT2D eigenvalue weighted by atomic mass is 35.5. The second-order valence-electron chi connectivity index (χ2n) is 6.71. The molecule has 2 aliphatic rings. The molecule has 5 nitrogen and oxygen atoms in total. The van der Waals surface area contributed by atoms with Gasteiger partial charge in [0.1, 0.15) is 5.92 Å². The van der Waals surface area contributed by atoms with Crippen molar-refractivity contribution in [2.24, 2.45) is 17.6 Å². The van der Waals surface area contributed by atoms with Crippen molar-refractivity contribution in [2.45, 2.75) is 38.1 Å². The van der Waals surface area contributed by atoms with E-state index in [2.05, 4.69) is 5.32 Å². The molecule has 1 saturated heterocycles. The van der Waals surface area contributed by atoms with Crippen LogP contribution in [0.3, 0.4) is 0 Å². The third kappa shape index (κ3) is 4.46. The first kappa shape index (κ1) is 20.0. The quantitative estimate of drug-likeness (QED) is 0.782. The van der Waals surface area contributed by atoms with E-state index in [0.29, 0.717) is 30.5 Å². The maximum atomic E-state index is 12.6. The Labute approximate surface area is 159 Å². The number of halogens is 2. The van der Waals surface area contributed by atoms with Crippen LogP contribution >= 0.6 is 24.0 Å². The third-order valence-corrected chi connectivity index (χ3v) is 5.42. The zero-order chi connectivity index (χ0) is 17.1. The van der Waals surface area contributed by atoms with Crippen LogP contribution in [0.2, 0.25) is 5.02 Å². The van der Waals surface area contributed by atoms with Crippen LogP contribution in [0.4, 0.5) is 5.69 Å². The minimum Gasteiger partial charge on any atom is -0.352 e. The predicted octanol–water partition coefficient (Wildman–Crippen LogP) is 2.75. The van der Waals surface area contributed by atoms with Crippen molar-refractivity contribution in [2.75, 3.05) is 18.0 Å². The summed E-state index contributed by atoms with van der Waals surface area (Å²) in [6, 6.07) is 7.28. The Hall–Kier alpha value is -1.30. The molecule has 3 atom stereocenters. The molecule has 1 aromatic rings. The maximum absolute atomic E-state index is 12.6. The lowest BCUT2D eigenvalue weighted by atomic mass is 9.84. The molecule has 0 bridgehead atoms. The SMILES string of the molecule is Cl.NCC1CCCCC1NC(=O)C1CCN(c2cccc(Cl)c2)C1=O. The minimum atomic E-state index is -0.607. The van der Waals surface area contributed by atoms with Crippen molar-refractivity contribution in [3.63, 3.8) is 0 Å². The summed E-state index contributed by atoms with van der Waals surface area (Å²) in [6.45, 7) is 1.13. The molecule has 1 saturated carbocycles. The molecule has 3 rings (SSSR count). The number of rotatable bonds is 4. The van der Waals surface area contributed by atoms with E-state index in [4.69, 9.17) is 17.3 Å². The molecule has 1 aromatic carbocycles. The fourth-order valence-electron chi connectivity index (χ4n) is 3.79. The second-order valence-corrected chi connectivity index (χ2v) is 7.14. The van der Waals surface area contributed by atoms with Crippen molar-refractivity contribution in [1.82, 2.24) is 5.32 Å². The summed E-state index contributed by atoms with van der Waals surface area (Å²) in [5, 5.41) is 3.67. The Morgan fingerprint density at radius 2 is 2.04 bits per heavy atom. The molecule has 2 fully saturated rings. The lowest BCUT2D eigenvalue weighted by molar-refractivity contribution is -0.133. The van der Waals surface area contributed by atoms with Gasteiger partial charge in [-0.2, -0.15) is 0 Å². The number of carbonyl (C=O) groups excluding carboxylic acids is 2. The number of hydrogen-bond acceptors (Lipinski definition) is 3. The zero-order valence-electron chi connectivity index (χ0n) is 14.1. The van der Waals surface area contributed by atoms with Crippen molar-refractivity contribution >= 4 is 41.5 Å². The molecule has 2 amide bonds. The highest BCUT2D eigenvalue weighted by Gasteiger charge is 2.39. The number of nitrogens with two attached hydrogens (primary N) is 1. The van der Waals surface area contributed by atoms with Gasteiger partial charge in [0.05, 0.1) is 0 Å². The Morgan fingerprint density at radius 1 is 1.28 bits per heavy atom. The number of nitrogens with one attached hydrogen (secondary N) is 1. The first-order chi connectivity index (χ1) is 11.6. The third-order valence-electron chi connectivity index (χ3n) is 5.18. The van der Waals surface area contributed by atoms with E-state index >= 15 is 0 Å². The summed E-state index contributed by atoms with van der Waals surface area (Å²) in [7, 11) is 0. The zero-order valence-corrected chi connectivity index (χ0v) is 15.7.